The molecule has 1 aromatic heterocycles. The molecule has 3 aromatic rings. The molecule has 1 unspecified atom stereocenters. The molecule has 8 nitrogen and oxygen atoms in total. The van der Waals surface area contributed by atoms with Gasteiger partial charge in [-0.25, -0.2) is 9.97 Å². The Balaban J connectivity index is 1.96. The minimum Gasteiger partial charge on any atom is -0.507 e. The largest absolute Gasteiger partial charge is 0.507 e. The van der Waals surface area contributed by atoms with Crippen LogP contribution in [-0.2, 0) is 9.59 Å². The number of carbonyl (C=O) groups excluding carboxylic acids is 2. The smallest absolute Gasteiger partial charge is 0.302 e. The number of ketones is 1. The molecule has 1 aliphatic rings. The fourth-order valence-corrected chi connectivity index (χ4v) is 3.50. The fraction of sp³-hybridized carbons (Fsp3) is 0.130. The SMILES string of the molecule is COc1cc(C2/C(=C(/O)c3ccc(C)cc3)C(=O)C(=O)N2c2ncccn2)ccc1O. The molecule has 8 heteroatoms. The van der Waals surface area contributed by atoms with Crippen LogP contribution in [0.3, 0.4) is 0 Å². The number of phenolic OH excluding ortho intramolecular Hbond substituents is 1. The van der Waals surface area contributed by atoms with Crippen molar-refractivity contribution in [1.29, 1.82) is 0 Å². The summed E-state index contributed by atoms with van der Waals surface area (Å²) < 4.78 is 5.19. The van der Waals surface area contributed by atoms with E-state index in [1.54, 1.807) is 36.4 Å². The number of carbonyl (C=O) groups is 2. The summed E-state index contributed by atoms with van der Waals surface area (Å²) >= 11 is 0. The molecule has 0 radical (unpaired) electrons. The molecule has 4 rings (SSSR count). The zero-order valence-electron chi connectivity index (χ0n) is 16.8. The second-order valence-electron chi connectivity index (χ2n) is 7.02. The number of Topliss-reactive ketones (excluding diaryl/α,β-unsaturated/α-hetero) is 1. The number of aromatic nitrogens is 2. The number of ether oxygens (including phenoxy) is 1. The highest BCUT2D eigenvalue weighted by Crippen LogP contribution is 2.42. The number of benzene rings is 2. The molecule has 2 heterocycles. The summed E-state index contributed by atoms with van der Waals surface area (Å²) in [5.41, 5.74) is 1.71. The number of hydrogen-bond donors (Lipinski definition) is 2. The highest BCUT2D eigenvalue weighted by Gasteiger charge is 2.48. The number of aryl methyl sites for hydroxylation is 1. The molecule has 1 amide bonds. The van der Waals surface area contributed by atoms with Crippen LogP contribution in [0.15, 0.2) is 66.5 Å². The molecule has 2 aromatic carbocycles. The van der Waals surface area contributed by atoms with Gasteiger partial charge in [-0.3, -0.25) is 14.5 Å². The van der Waals surface area contributed by atoms with E-state index < -0.39 is 17.7 Å². The van der Waals surface area contributed by atoms with Crippen LogP contribution >= 0.6 is 0 Å². The average molecular weight is 417 g/mol. The maximum absolute atomic E-state index is 13.0. The molecule has 1 saturated heterocycles. The topological polar surface area (TPSA) is 113 Å². The van der Waals surface area contributed by atoms with Crippen molar-refractivity contribution in [3.63, 3.8) is 0 Å². The number of methoxy groups -OCH3 is 1. The van der Waals surface area contributed by atoms with Gasteiger partial charge in [-0.15, -0.1) is 0 Å². The molecule has 1 atom stereocenters. The molecular formula is C23H19N3O5. The van der Waals surface area contributed by atoms with E-state index in [-0.39, 0.29) is 28.8 Å². The summed E-state index contributed by atoms with van der Waals surface area (Å²) in [6, 6.07) is 12.0. The predicted molar refractivity (Wildman–Crippen MR) is 113 cm³/mol. The van der Waals surface area contributed by atoms with E-state index in [2.05, 4.69) is 9.97 Å². The van der Waals surface area contributed by atoms with Gasteiger partial charge in [0.25, 0.3) is 5.78 Å². The number of aliphatic hydroxyl groups excluding tert-OH is 1. The van der Waals surface area contributed by atoms with E-state index in [0.717, 1.165) is 10.5 Å². The van der Waals surface area contributed by atoms with Crippen LogP contribution in [0.5, 0.6) is 11.5 Å². The van der Waals surface area contributed by atoms with E-state index in [1.807, 2.05) is 6.92 Å². The van der Waals surface area contributed by atoms with Crippen LogP contribution in [0.2, 0.25) is 0 Å². The van der Waals surface area contributed by atoms with Crippen molar-refractivity contribution in [2.24, 2.45) is 0 Å². The van der Waals surface area contributed by atoms with E-state index in [4.69, 9.17) is 4.74 Å². The molecule has 1 aliphatic heterocycles. The summed E-state index contributed by atoms with van der Waals surface area (Å²) in [6.45, 7) is 1.90. The van der Waals surface area contributed by atoms with Crippen molar-refractivity contribution in [2.45, 2.75) is 13.0 Å². The highest BCUT2D eigenvalue weighted by atomic mass is 16.5. The molecule has 1 fully saturated rings. The van der Waals surface area contributed by atoms with Crippen molar-refractivity contribution >= 4 is 23.4 Å². The lowest BCUT2D eigenvalue weighted by Gasteiger charge is -2.23. The quantitative estimate of drug-likeness (QED) is 0.381. The van der Waals surface area contributed by atoms with Gasteiger partial charge in [0, 0.05) is 18.0 Å². The van der Waals surface area contributed by atoms with Gasteiger partial charge in [0.2, 0.25) is 5.95 Å². The third-order valence-corrected chi connectivity index (χ3v) is 5.06. The molecule has 0 spiro atoms. The Bertz CT molecular complexity index is 1190. The van der Waals surface area contributed by atoms with Gasteiger partial charge in [0.15, 0.2) is 11.5 Å². The fourth-order valence-electron chi connectivity index (χ4n) is 3.50. The van der Waals surface area contributed by atoms with Gasteiger partial charge in [-0.1, -0.05) is 35.9 Å². The first-order valence-corrected chi connectivity index (χ1v) is 9.44. The molecule has 156 valence electrons. The lowest BCUT2D eigenvalue weighted by Crippen LogP contribution is -2.31. The van der Waals surface area contributed by atoms with Gasteiger partial charge in [-0.05, 0) is 30.7 Å². The van der Waals surface area contributed by atoms with Crippen molar-refractivity contribution in [3.8, 4) is 11.5 Å². The van der Waals surface area contributed by atoms with E-state index in [9.17, 15) is 19.8 Å². The van der Waals surface area contributed by atoms with Crippen LogP contribution in [0, 0.1) is 6.92 Å². The summed E-state index contributed by atoms with van der Waals surface area (Å²) in [5.74, 6) is -1.96. The lowest BCUT2D eigenvalue weighted by atomic mass is 9.95. The monoisotopic (exact) mass is 417 g/mol. The molecule has 0 aliphatic carbocycles. The number of anilines is 1. The predicted octanol–water partition coefficient (Wildman–Crippen LogP) is 3.13. The molecular weight excluding hydrogens is 398 g/mol. The van der Waals surface area contributed by atoms with Crippen molar-refractivity contribution < 1.29 is 24.5 Å². The number of amides is 1. The van der Waals surface area contributed by atoms with E-state index >= 15 is 0 Å². The Morgan fingerprint density at radius 2 is 1.74 bits per heavy atom. The van der Waals surface area contributed by atoms with Gasteiger partial charge in [0.05, 0.1) is 18.7 Å². The normalized spacial score (nSPS) is 17.7. The van der Waals surface area contributed by atoms with Crippen LogP contribution < -0.4 is 9.64 Å². The van der Waals surface area contributed by atoms with Crippen LogP contribution in [0.25, 0.3) is 5.76 Å². The first kappa shape index (κ1) is 20.1. The van der Waals surface area contributed by atoms with E-state index in [0.29, 0.717) is 11.1 Å². The maximum atomic E-state index is 13.0. The van der Waals surface area contributed by atoms with Crippen molar-refractivity contribution in [2.75, 3.05) is 12.0 Å². The lowest BCUT2D eigenvalue weighted by molar-refractivity contribution is -0.132. The van der Waals surface area contributed by atoms with Crippen LogP contribution in [0.1, 0.15) is 22.7 Å². The van der Waals surface area contributed by atoms with Crippen molar-refractivity contribution in [3.05, 3.63) is 83.2 Å². The Kier molecular flexibility index (Phi) is 5.12. The minimum absolute atomic E-state index is 0.0181. The van der Waals surface area contributed by atoms with Crippen molar-refractivity contribution in [1.82, 2.24) is 9.97 Å². The highest BCUT2D eigenvalue weighted by molar-refractivity contribution is 6.51. The summed E-state index contributed by atoms with van der Waals surface area (Å²) in [4.78, 5) is 35.4. The number of nitrogens with zero attached hydrogens (tertiary/aromatic N) is 3. The summed E-state index contributed by atoms with van der Waals surface area (Å²) in [7, 11) is 1.39. The number of hydrogen-bond acceptors (Lipinski definition) is 7. The van der Waals surface area contributed by atoms with Crippen LogP contribution in [0.4, 0.5) is 5.95 Å². The van der Waals surface area contributed by atoms with Gasteiger partial charge >= 0.3 is 5.91 Å². The Labute approximate surface area is 178 Å². The third-order valence-electron chi connectivity index (χ3n) is 5.06. The minimum atomic E-state index is -1.02. The maximum Gasteiger partial charge on any atom is 0.302 e. The van der Waals surface area contributed by atoms with Crippen LogP contribution in [-0.4, -0.2) is 39.0 Å². The number of rotatable bonds is 4. The van der Waals surface area contributed by atoms with Gasteiger partial charge in [0.1, 0.15) is 5.76 Å². The third kappa shape index (κ3) is 3.48. The summed E-state index contributed by atoms with van der Waals surface area (Å²) in [5, 5.41) is 21.0. The average Bonchev–Trinajstić information content (AvgIpc) is 3.05. The van der Waals surface area contributed by atoms with E-state index in [1.165, 1.54) is 31.6 Å². The van der Waals surface area contributed by atoms with Gasteiger partial charge < -0.3 is 14.9 Å². The first-order chi connectivity index (χ1) is 14.9. The Morgan fingerprint density at radius 3 is 2.39 bits per heavy atom. The van der Waals surface area contributed by atoms with Gasteiger partial charge in [-0.2, -0.15) is 0 Å². The number of aromatic hydroxyl groups is 1. The Hall–Kier alpha value is -4.20. The molecule has 2 N–H and O–H groups in total. The number of aliphatic hydroxyl groups is 1. The zero-order valence-corrected chi connectivity index (χ0v) is 16.8. The molecule has 0 bridgehead atoms. The standard InChI is InChI=1S/C23H19N3O5/c1-13-4-6-14(7-5-13)20(28)18-19(15-8-9-16(27)17(12-15)31-2)26(22(30)21(18)29)23-24-10-3-11-25-23/h3-12,19,27-28H,1-2H3/b20-18-. The number of phenols is 1. The summed E-state index contributed by atoms with van der Waals surface area (Å²) in [6.07, 6.45) is 2.91. The second-order valence-corrected chi connectivity index (χ2v) is 7.02. The Morgan fingerprint density at radius 1 is 1.06 bits per heavy atom. The zero-order chi connectivity index (χ0) is 22.1. The molecule has 0 saturated carbocycles. The molecule has 31 heavy (non-hydrogen) atoms. The second kappa shape index (κ2) is 7.91. The first-order valence-electron chi connectivity index (χ1n) is 9.44.